The first kappa shape index (κ1) is 13.4. The average molecular weight is 254 g/mol. The van der Waals surface area contributed by atoms with Crippen LogP contribution in [-0.2, 0) is 9.53 Å². The van der Waals surface area contributed by atoms with Gasteiger partial charge in [0.1, 0.15) is 0 Å². The minimum Gasteiger partial charge on any atom is -0.465 e. The number of nitrogen functional groups attached to an aromatic ring is 1. The van der Waals surface area contributed by atoms with Crippen LogP contribution >= 0.6 is 11.8 Å². The molecule has 92 valence electrons. The number of aryl methyl sites for hydroxylation is 1. The van der Waals surface area contributed by atoms with E-state index < -0.39 is 11.9 Å². The van der Waals surface area contributed by atoms with E-state index in [4.69, 9.17) is 11.5 Å². The number of ether oxygens (including phenoxy) is 1. The summed E-state index contributed by atoms with van der Waals surface area (Å²) in [6.45, 7) is 1.79. The highest BCUT2D eigenvalue weighted by atomic mass is 32.2. The highest BCUT2D eigenvalue weighted by Crippen LogP contribution is 2.26. The van der Waals surface area contributed by atoms with Gasteiger partial charge < -0.3 is 16.2 Å². The van der Waals surface area contributed by atoms with Crippen molar-refractivity contribution in [3.8, 4) is 0 Å². The molecule has 0 fully saturated rings. The molecule has 0 unspecified atom stereocenters. The minimum absolute atomic E-state index is 0.157. The molecular weight excluding hydrogens is 240 g/mol. The molecule has 0 aromatic heterocycles. The van der Waals surface area contributed by atoms with Gasteiger partial charge in [-0.2, -0.15) is 0 Å². The van der Waals surface area contributed by atoms with Crippen molar-refractivity contribution in [2.24, 2.45) is 5.73 Å². The molecule has 4 N–H and O–H groups in total. The number of carbonyl (C=O) groups excluding carboxylic acids is 2. The lowest BCUT2D eigenvalue weighted by molar-refractivity contribution is -0.115. The van der Waals surface area contributed by atoms with Crippen LogP contribution in [-0.4, -0.2) is 24.7 Å². The number of thioether (sulfide) groups is 1. The van der Waals surface area contributed by atoms with Gasteiger partial charge >= 0.3 is 5.97 Å². The van der Waals surface area contributed by atoms with Crippen molar-refractivity contribution in [1.82, 2.24) is 0 Å². The maximum atomic E-state index is 11.5. The van der Waals surface area contributed by atoms with Gasteiger partial charge in [-0.1, -0.05) is 0 Å². The van der Waals surface area contributed by atoms with Crippen molar-refractivity contribution < 1.29 is 14.3 Å². The highest BCUT2D eigenvalue weighted by molar-refractivity contribution is 8.00. The molecule has 0 bridgehead atoms. The number of esters is 1. The number of benzene rings is 1. The van der Waals surface area contributed by atoms with E-state index in [0.29, 0.717) is 11.3 Å². The monoisotopic (exact) mass is 254 g/mol. The molecule has 0 saturated heterocycles. The molecule has 1 rings (SSSR count). The van der Waals surface area contributed by atoms with Gasteiger partial charge in [0.15, 0.2) is 0 Å². The van der Waals surface area contributed by atoms with Crippen LogP contribution in [0.2, 0.25) is 0 Å². The van der Waals surface area contributed by atoms with Gasteiger partial charge in [0, 0.05) is 10.6 Å². The summed E-state index contributed by atoms with van der Waals surface area (Å²) >= 11 is 1.26. The maximum Gasteiger partial charge on any atom is 0.340 e. The Balaban J connectivity index is 3.05. The maximum absolute atomic E-state index is 11.5. The highest BCUT2D eigenvalue weighted by Gasteiger charge is 2.13. The van der Waals surface area contributed by atoms with E-state index in [1.54, 1.807) is 19.1 Å². The third kappa shape index (κ3) is 3.39. The molecule has 1 aromatic carbocycles. The fourth-order valence-electron chi connectivity index (χ4n) is 1.28. The van der Waals surface area contributed by atoms with Crippen molar-refractivity contribution in [2.45, 2.75) is 11.8 Å². The predicted molar refractivity (Wildman–Crippen MR) is 66.8 cm³/mol. The first-order valence-electron chi connectivity index (χ1n) is 4.85. The van der Waals surface area contributed by atoms with E-state index in [9.17, 15) is 9.59 Å². The number of anilines is 1. The van der Waals surface area contributed by atoms with E-state index >= 15 is 0 Å². The van der Waals surface area contributed by atoms with Crippen LogP contribution in [0.1, 0.15) is 15.9 Å². The second kappa shape index (κ2) is 5.58. The molecule has 0 saturated carbocycles. The lowest BCUT2D eigenvalue weighted by Crippen LogP contribution is -2.13. The Hall–Kier alpha value is -1.69. The molecule has 0 atom stereocenters. The largest absolute Gasteiger partial charge is 0.465 e. The van der Waals surface area contributed by atoms with Gasteiger partial charge in [-0.05, 0) is 24.6 Å². The van der Waals surface area contributed by atoms with E-state index in [-0.39, 0.29) is 5.75 Å². The van der Waals surface area contributed by atoms with Gasteiger partial charge in [-0.3, -0.25) is 4.79 Å². The topological polar surface area (TPSA) is 95.4 Å². The predicted octanol–water partition coefficient (Wildman–Crippen LogP) is 0.941. The molecule has 0 aliphatic heterocycles. The normalized spacial score (nSPS) is 10.0. The summed E-state index contributed by atoms with van der Waals surface area (Å²) in [7, 11) is 1.29. The number of hydrogen-bond donors (Lipinski definition) is 2. The van der Waals surface area contributed by atoms with Crippen LogP contribution < -0.4 is 11.5 Å². The fraction of sp³-hybridized carbons (Fsp3) is 0.273. The second-order valence-electron chi connectivity index (χ2n) is 3.45. The summed E-state index contributed by atoms with van der Waals surface area (Å²) in [6, 6.07) is 3.40. The molecular formula is C11H14N2O3S. The van der Waals surface area contributed by atoms with Crippen molar-refractivity contribution in [1.29, 1.82) is 0 Å². The van der Waals surface area contributed by atoms with Crippen LogP contribution in [0.25, 0.3) is 0 Å². The van der Waals surface area contributed by atoms with Gasteiger partial charge in [-0.15, -0.1) is 11.8 Å². The number of amides is 1. The summed E-state index contributed by atoms with van der Waals surface area (Å²) in [5.74, 6) is -0.750. The van der Waals surface area contributed by atoms with Gasteiger partial charge in [0.2, 0.25) is 5.91 Å². The molecule has 0 aliphatic rings. The zero-order chi connectivity index (χ0) is 13.0. The smallest absolute Gasteiger partial charge is 0.340 e. The third-order valence-corrected chi connectivity index (χ3v) is 3.14. The first-order valence-corrected chi connectivity index (χ1v) is 5.83. The molecule has 0 aliphatic carbocycles. The van der Waals surface area contributed by atoms with Crippen molar-refractivity contribution >= 4 is 29.3 Å². The molecule has 5 nitrogen and oxygen atoms in total. The standard InChI is InChI=1S/C11H14N2O3S/c1-6-3-7(17-5-9(12)14)4-8(10(6)13)11(15)16-2/h3-4H,5,13H2,1-2H3,(H2,12,14). The molecule has 6 heteroatoms. The quantitative estimate of drug-likeness (QED) is 0.473. The first-order chi connectivity index (χ1) is 7.95. The average Bonchev–Trinajstić information content (AvgIpc) is 2.29. The number of hydrogen-bond acceptors (Lipinski definition) is 5. The van der Waals surface area contributed by atoms with Crippen LogP contribution in [0.4, 0.5) is 5.69 Å². The number of carbonyl (C=O) groups is 2. The Morgan fingerprint density at radius 1 is 1.41 bits per heavy atom. The Labute approximate surface area is 103 Å². The van der Waals surface area contributed by atoms with Crippen LogP contribution in [0, 0.1) is 6.92 Å². The lowest BCUT2D eigenvalue weighted by atomic mass is 10.1. The summed E-state index contributed by atoms with van der Waals surface area (Å²) in [4.78, 5) is 22.9. The van der Waals surface area contributed by atoms with Crippen LogP contribution in [0.3, 0.4) is 0 Å². The SMILES string of the molecule is COC(=O)c1cc(SCC(N)=O)cc(C)c1N. The summed E-state index contributed by atoms with van der Waals surface area (Å²) < 4.78 is 4.63. The molecule has 1 aromatic rings. The Morgan fingerprint density at radius 3 is 2.59 bits per heavy atom. The Morgan fingerprint density at radius 2 is 2.06 bits per heavy atom. The van der Waals surface area contributed by atoms with Crippen LogP contribution in [0.15, 0.2) is 17.0 Å². The summed E-state index contributed by atoms with van der Waals surface area (Å²) in [5.41, 5.74) is 12.3. The van der Waals surface area contributed by atoms with E-state index in [0.717, 1.165) is 10.5 Å². The van der Waals surface area contributed by atoms with Crippen molar-refractivity contribution in [3.63, 3.8) is 0 Å². The van der Waals surface area contributed by atoms with Crippen LogP contribution in [0.5, 0.6) is 0 Å². The lowest BCUT2D eigenvalue weighted by Gasteiger charge is -2.09. The number of methoxy groups -OCH3 is 1. The molecule has 17 heavy (non-hydrogen) atoms. The number of primary amides is 1. The molecule has 0 heterocycles. The van der Waals surface area contributed by atoms with Gasteiger partial charge in [0.05, 0.1) is 18.4 Å². The second-order valence-corrected chi connectivity index (χ2v) is 4.50. The molecule has 0 spiro atoms. The van der Waals surface area contributed by atoms with E-state index in [1.807, 2.05) is 0 Å². The third-order valence-electron chi connectivity index (χ3n) is 2.15. The summed E-state index contributed by atoms with van der Waals surface area (Å²) in [5, 5.41) is 0. The fourth-order valence-corrected chi connectivity index (χ4v) is 2.05. The van der Waals surface area contributed by atoms with E-state index in [2.05, 4.69) is 4.74 Å². The van der Waals surface area contributed by atoms with Crippen molar-refractivity contribution in [2.75, 3.05) is 18.6 Å². The Kier molecular flexibility index (Phi) is 4.39. The Bertz CT molecular complexity index is 460. The zero-order valence-electron chi connectivity index (χ0n) is 9.65. The van der Waals surface area contributed by atoms with Gasteiger partial charge in [0.25, 0.3) is 0 Å². The van der Waals surface area contributed by atoms with E-state index in [1.165, 1.54) is 18.9 Å². The zero-order valence-corrected chi connectivity index (χ0v) is 10.5. The minimum atomic E-state index is -0.493. The molecule has 0 radical (unpaired) electrons. The number of rotatable bonds is 4. The number of nitrogens with two attached hydrogens (primary N) is 2. The summed E-state index contributed by atoms with van der Waals surface area (Å²) in [6.07, 6.45) is 0. The van der Waals surface area contributed by atoms with Gasteiger partial charge in [-0.25, -0.2) is 4.79 Å². The molecule has 1 amide bonds. The van der Waals surface area contributed by atoms with Crippen molar-refractivity contribution in [3.05, 3.63) is 23.3 Å².